The highest BCUT2D eigenvalue weighted by atomic mass is 16.5. The van der Waals surface area contributed by atoms with Gasteiger partial charge in [-0.1, -0.05) is 30.6 Å². The van der Waals surface area contributed by atoms with Crippen LogP contribution >= 0.6 is 0 Å². The van der Waals surface area contributed by atoms with Gasteiger partial charge in [-0.2, -0.15) is 0 Å². The third-order valence-corrected chi connectivity index (χ3v) is 6.04. The zero-order valence-electron chi connectivity index (χ0n) is 18.3. The lowest BCUT2D eigenvalue weighted by Gasteiger charge is -2.33. The van der Waals surface area contributed by atoms with Crippen molar-refractivity contribution in [3.63, 3.8) is 0 Å². The molecule has 0 unspecified atom stereocenters. The molecule has 0 radical (unpaired) electrons. The molecule has 1 aliphatic carbocycles. The van der Waals surface area contributed by atoms with Crippen molar-refractivity contribution in [2.24, 2.45) is 0 Å². The van der Waals surface area contributed by atoms with Gasteiger partial charge in [0.1, 0.15) is 6.10 Å². The van der Waals surface area contributed by atoms with Crippen molar-refractivity contribution in [2.45, 2.75) is 104 Å². The lowest BCUT2D eigenvalue weighted by Crippen LogP contribution is -2.41. The number of ether oxygens (including phenoxy) is 2. The van der Waals surface area contributed by atoms with Crippen LogP contribution in [0.4, 0.5) is 0 Å². The predicted molar refractivity (Wildman–Crippen MR) is 113 cm³/mol. The van der Waals surface area contributed by atoms with Crippen LogP contribution in [0.5, 0.6) is 0 Å². The maximum Gasteiger partial charge on any atom is 0.334 e. The van der Waals surface area contributed by atoms with E-state index < -0.39 is 5.60 Å². The van der Waals surface area contributed by atoms with Crippen molar-refractivity contribution in [2.75, 3.05) is 6.61 Å². The molecule has 0 spiro atoms. The number of carbonyl (C=O) groups excluding carboxylic acids is 1. The van der Waals surface area contributed by atoms with Gasteiger partial charge in [-0.15, -0.1) is 0 Å². The van der Waals surface area contributed by atoms with E-state index >= 15 is 0 Å². The summed E-state index contributed by atoms with van der Waals surface area (Å²) >= 11 is 0. The van der Waals surface area contributed by atoms with Gasteiger partial charge in [0.15, 0.2) is 0 Å². The van der Waals surface area contributed by atoms with Gasteiger partial charge in [0.25, 0.3) is 0 Å². The zero-order valence-corrected chi connectivity index (χ0v) is 18.3. The zero-order chi connectivity index (χ0) is 20.7. The van der Waals surface area contributed by atoms with Crippen molar-refractivity contribution in [1.82, 2.24) is 0 Å². The summed E-state index contributed by atoms with van der Waals surface area (Å²) in [5, 5.41) is 11.1. The highest BCUT2D eigenvalue weighted by Gasteiger charge is 2.33. The fourth-order valence-electron chi connectivity index (χ4n) is 3.93. The molecule has 0 saturated heterocycles. The minimum atomic E-state index is -0.851. The van der Waals surface area contributed by atoms with E-state index in [1.54, 1.807) is 0 Å². The second kappa shape index (κ2) is 10.4. The predicted octanol–water partition coefficient (Wildman–Crippen LogP) is 5.41. The Labute approximate surface area is 170 Å². The molecule has 1 N–H and O–H groups in total. The van der Waals surface area contributed by atoms with Gasteiger partial charge in [0.2, 0.25) is 0 Å². The number of unbranched alkanes of at least 4 members (excludes halogenated alkanes) is 1. The Hall–Kier alpha value is -1.39. The van der Waals surface area contributed by atoms with Crippen LogP contribution in [0.2, 0.25) is 0 Å². The molecule has 0 amide bonds. The van der Waals surface area contributed by atoms with Gasteiger partial charge in [-0.05, 0) is 84.3 Å². The molecule has 3 atom stereocenters. The van der Waals surface area contributed by atoms with Gasteiger partial charge in [-0.25, -0.2) is 4.79 Å². The fourth-order valence-corrected chi connectivity index (χ4v) is 3.93. The summed E-state index contributed by atoms with van der Waals surface area (Å²) in [5.74, 6) is -0.196. The van der Waals surface area contributed by atoms with Crippen LogP contribution in [-0.4, -0.2) is 35.5 Å². The van der Waals surface area contributed by atoms with Crippen LogP contribution in [0.15, 0.2) is 34.4 Å². The normalized spacial score (nSPS) is 34.0. The Bertz CT molecular complexity index is 639. The molecule has 158 valence electrons. The summed E-state index contributed by atoms with van der Waals surface area (Å²) in [5.41, 5.74) is 3.48. The molecule has 0 saturated carbocycles. The van der Waals surface area contributed by atoms with E-state index in [0.29, 0.717) is 13.0 Å². The Morgan fingerprint density at radius 3 is 2.68 bits per heavy atom. The first-order valence-corrected chi connectivity index (χ1v) is 10.8. The highest BCUT2D eigenvalue weighted by Crippen LogP contribution is 2.32. The van der Waals surface area contributed by atoms with E-state index in [2.05, 4.69) is 32.9 Å². The summed E-state index contributed by atoms with van der Waals surface area (Å²) in [7, 11) is 0. The molecule has 0 bridgehead atoms. The molecule has 2 rings (SSSR count). The maximum absolute atomic E-state index is 12.1. The minimum Gasteiger partial charge on any atom is -0.450 e. The van der Waals surface area contributed by atoms with Crippen molar-refractivity contribution in [3.05, 3.63) is 34.4 Å². The second-order valence-electron chi connectivity index (χ2n) is 8.69. The third kappa shape index (κ3) is 6.31. The van der Waals surface area contributed by atoms with Crippen LogP contribution in [0, 0.1) is 0 Å². The maximum atomic E-state index is 12.1. The van der Waals surface area contributed by atoms with Crippen LogP contribution in [0.25, 0.3) is 0 Å². The number of hydrogen-bond acceptors (Lipinski definition) is 4. The standard InChI is InChI=1S/C24H38O4/c1-6-7-15-27-22-13-11-18(3)16-21-20(19(4)23(25)28-21)12-10-17(2)9-8-14-24(22,5)26/h9,16,21-22,26H,6-8,10-15H2,1-5H3/b17-9+,18-16+/t21-,22-,24-/m0/s1. The lowest BCUT2D eigenvalue weighted by molar-refractivity contribution is -0.138. The molecule has 28 heavy (non-hydrogen) atoms. The van der Waals surface area contributed by atoms with E-state index in [9.17, 15) is 9.90 Å². The molecule has 4 heteroatoms. The SMILES string of the molecule is CCCCO[C@H]1CC/C(C)=C/[C@@H]2OC(=O)C(C)=C2CC/C(C)=C/CC[C@]1(C)O. The van der Waals surface area contributed by atoms with Crippen molar-refractivity contribution in [3.8, 4) is 0 Å². The summed E-state index contributed by atoms with van der Waals surface area (Å²) in [6.07, 6.45) is 10.8. The Morgan fingerprint density at radius 2 is 1.96 bits per heavy atom. The van der Waals surface area contributed by atoms with E-state index in [1.165, 1.54) is 11.1 Å². The monoisotopic (exact) mass is 390 g/mol. The van der Waals surface area contributed by atoms with Gasteiger partial charge in [-0.3, -0.25) is 0 Å². The Morgan fingerprint density at radius 1 is 1.21 bits per heavy atom. The van der Waals surface area contributed by atoms with Crippen molar-refractivity contribution < 1.29 is 19.4 Å². The molecule has 4 nitrogen and oxygen atoms in total. The summed E-state index contributed by atoms with van der Waals surface area (Å²) in [4.78, 5) is 12.1. The number of rotatable bonds is 4. The molecule has 0 aromatic heterocycles. The summed E-state index contributed by atoms with van der Waals surface area (Å²) < 4.78 is 11.7. The number of hydrogen-bond donors (Lipinski definition) is 1. The largest absolute Gasteiger partial charge is 0.450 e. The first-order chi connectivity index (χ1) is 13.2. The first kappa shape index (κ1) is 22.9. The van der Waals surface area contributed by atoms with Crippen molar-refractivity contribution >= 4 is 5.97 Å². The van der Waals surface area contributed by atoms with Crippen LogP contribution in [0.3, 0.4) is 0 Å². The quantitative estimate of drug-likeness (QED) is 0.396. The summed E-state index contributed by atoms with van der Waals surface area (Å²) in [6.45, 7) is 10.8. The molecule has 0 aromatic rings. The fraction of sp³-hybridized carbons (Fsp3) is 0.708. The number of allylic oxidation sites excluding steroid dienone is 3. The van der Waals surface area contributed by atoms with Crippen molar-refractivity contribution in [1.29, 1.82) is 0 Å². The molecule has 2 aliphatic rings. The molecular weight excluding hydrogens is 352 g/mol. The average molecular weight is 391 g/mol. The van der Waals surface area contributed by atoms with Gasteiger partial charge < -0.3 is 14.6 Å². The minimum absolute atomic E-state index is 0.193. The number of carbonyl (C=O) groups is 1. The number of esters is 1. The highest BCUT2D eigenvalue weighted by molar-refractivity contribution is 5.92. The lowest BCUT2D eigenvalue weighted by atomic mass is 9.87. The molecule has 0 aromatic carbocycles. The van der Waals surface area contributed by atoms with Crippen LogP contribution in [0.1, 0.15) is 86.0 Å². The topological polar surface area (TPSA) is 55.8 Å². The van der Waals surface area contributed by atoms with Crippen LogP contribution in [-0.2, 0) is 14.3 Å². The molecule has 0 fully saturated rings. The Balaban J connectivity index is 2.23. The van der Waals surface area contributed by atoms with E-state index in [1.807, 2.05) is 13.8 Å². The first-order valence-electron chi connectivity index (χ1n) is 10.8. The van der Waals surface area contributed by atoms with E-state index in [4.69, 9.17) is 9.47 Å². The third-order valence-electron chi connectivity index (χ3n) is 6.04. The summed E-state index contributed by atoms with van der Waals surface area (Å²) in [6, 6.07) is 0. The van der Waals surface area contributed by atoms with Gasteiger partial charge >= 0.3 is 5.97 Å². The molecular formula is C24H38O4. The number of fused-ring (bicyclic) bond motifs is 1. The molecule has 1 heterocycles. The Kier molecular flexibility index (Phi) is 8.51. The smallest absolute Gasteiger partial charge is 0.334 e. The van der Waals surface area contributed by atoms with E-state index in [0.717, 1.165) is 56.1 Å². The second-order valence-corrected chi connectivity index (χ2v) is 8.69. The van der Waals surface area contributed by atoms with E-state index in [-0.39, 0.29) is 18.2 Å². The van der Waals surface area contributed by atoms with Gasteiger partial charge in [0.05, 0.1) is 11.7 Å². The van der Waals surface area contributed by atoms with Gasteiger partial charge in [0, 0.05) is 12.2 Å². The number of aliphatic hydroxyl groups is 1. The molecule has 1 aliphatic heterocycles. The van der Waals surface area contributed by atoms with Crippen LogP contribution < -0.4 is 0 Å². The average Bonchev–Trinajstić information content (AvgIpc) is 2.88.